The van der Waals surface area contributed by atoms with Crippen molar-refractivity contribution in [2.45, 2.75) is 52.5 Å². The second-order valence-corrected chi connectivity index (χ2v) is 9.24. The van der Waals surface area contributed by atoms with Gasteiger partial charge in [0.1, 0.15) is 0 Å². The predicted molar refractivity (Wildman–Crippen MR) is 125 cm³/mol. The summed E-state index contributed by atoms with van der Waals surface area (Å²) >= 11 is 0. The summed E-state index contributed by atoms with van der Waals surface area (Å²) in [6.45, 7) is 9.55. The molecule has 3 aromatic carbocycles. The van der Waals surface area contributed by atoms with E-state index in [0.717, 1.165) is 22.8 Å². The van der Waals surface area contributed by atoms with Crippen molar-refractivity contribution >= 4 is 5.91 Å². The summed E-state index contributed by atoms with van der Waals surface area (Å²) in [5.41, 5.74) is 7.73. The molecule has 1 heterocycles. The largest absolute Gasteiger partial charge is 0.338 e. The SMILES string of the molecule is Cc1ccc(-c2cc(C(C)C)ccc2C)c(CN2CC(c3ccc(F)c(F)c3)CC2=O)c1. The minimum Gasteiger partial charge on any atom is -0.338 e. The van der Waals surface area contributed by atoms with Crippen LogP contribution in [0.3, 0.4) is 0 Å². The van der Waals surface area contributed by atoms with E-state index in [9.17, 15) is 13.6 Å². The third kappa shape index (κ3) is 4.45. The van der Waals surface area contributed by atoms with Gasteiger partial charge in [-0.25, -0.2) is 8.78 Å². The zero-order chi connectivity index (χ0) is 23.0. The first-order chi connectivity index (χ1) is 15.2. The molecule has 0 aliphatic carbocycles. The van der Waals surface area contributed by atoms with E-state index in [4.69, 9.17) is 0 Å². The summed E-state index contributed by atoms with van der Waals surface area (Å²) in [5.74, 6) is -1.38. The Morgan fingerprint density at radius 1 is 0.938 bits per heavy atom. The minimum absolute atomic E-state index is 0.0415. The van der Waals surface area contributed by atoms with Crippen LogP contribution >= 0.6 is 0 Å². The molecule has 1 fully saturated rings. The van der Waals surface area contributed by atoms with Gasteiger partial charge in [-0.1, -0.05) is 61.9 Å². The highest BCUT2D eigenvalue weighted by Crippen LogP contribution is 2.34. The first-order valence-corrected chi connectivity index (χ1v) is 11.2. The highest BCUT2D eigenvalue weighted by molar-refractivity contribution is 5.80. The maximum absolute atomic E-state index is 13.7. The number of likely N-dealkylation sites (tertiary alicyclic amines) is 1. The van der Waals surface area contributed by atoms with Crippen molar-refractivity contribution in [1.29, 1.82) is 0 Å². The van der Waals surface area contributed by atoms with E-state index in [-0.39, 0.29) is 11.8 Å². The lowest BCUT2D eigenvalue weighted by Gasteiger charge is -2.21. The Balaban J connectivity index is 1.64. The fraction of sp³-hybridized carbons (Fsp3) is 0.321. The van der Waals surface area contributed by atoms with Crippen LogP contribution in [0.1, 0.15) is 59.9 Å². The Labute approximate surface area is 188 Å². The van der Waals surface area contributed by atoms with Gasteiger partial charge in [0.2, 0.25) is 5.91 Å². The fourth-order valence-corrected chi connectivity index (χ4v) is 4.53. The third-order valence-electron chi connectivity index (χ3n) is 6.47. The van der Waals surface area contributed by atoms with Crippen molar-refractivity contribution < 1.29 is 13.6 Å². The van der Waals surface area contributed by atoms with E-state index in [0.29, 0.717) is 31.0 Å². The molecule has 0 saturated carbocycles. The lowest BCUT2D eigenvalue weighted by Crippen LogP contribution is -2.24. The second kappa shape index (κ2) is 8.85. The van der Waals surface area contributed by atoms with Crippen LogP contribution in [0.2, 0.25) is 0 Å². The van der Waals surface area contributed by atoms with Gasteiger partial charge in [0.25, 0.3) is 0 Å². The molecular weight excluding hydrogens is 404 g/mol. The molecule has 0 radical (unpaired) electrons. The molecule has 1 aliphatic heterocycles. The molecule has 1 unspecified atom stereocenters. The number of hydrogen-bond donors (Lipinski definition) is 0. The maximum Gasteiger partial charge on any atom is 0.223 e. The summed E-state index contributed by atoms with van der Waals surface area (Å²) in [4.78, 5) is 14.7. The van der Waals surface area contributed by atoms with Gasteiger partial charge in [0.15, 0.2) is 11.6 Å². The van der Waals surface area contributed by atoms with E-state index >= 15 is 0 Å². The second-order valence-electron chi connectivity index (χ2n) is 9.24. The van der Waals surface area contributed by atoms with Crippen molar-refractivity contribution in [3.8, 4) is 11.1 Å². The summed E-state index contributed by atoms with van der Waals surface area (Å²) < 4.78 is 27.0. The van der Waals surface area contributed by atoms with Crippen molar-refractivity contribution in [3.63, 3.8) is 0 Å². The average molecular weight is 434 g/mol. The lowest BCUT2D eigenvalue weighted by atomic mass is 9.90. The van der Waals surface area contributed by atoms with Gasteiger partial charge in [0, 0.05) is 25.4 Å². The summed E-state index contributed by atoms with van der Waals surface area (Å²) in [6, 6.07) is 16.9. The van der Waals surface area contributed by atoms with E-state index in [1.54, 1.807) is 6.07 Å². The first-order valence-electron chi connectivity index (χ1n) is 11.2. The van der Waals surface area contributed by atoms with Crippen LogP contribution in [0.25, 0.3) is 11.1 Å². The molecule has 0 bridgehead atoms. The van der Waals surface area contributed by atoms with Crippen LogP contribution in [-0.4, -0.2) is 17.4 Å². The maximum atomic E-state index is 13.7. The summed E-state index contributed by atoms with van der Waals surface area (Å²) in [7, 11) is 0. The van der Waals surface area contributed by atoms with E-state index < -0.39 is 11.6 Å². The predicted octanol–water partition coefficient (Wildman–Crippen LogP) is 6.89. The molecule has 32 heavy (non-hydrogen) atoms. The molecular formula is C28H29F2NO. The highest BCUT2D eigenvalue weighted by Gasteiger charge is 2.31. The van der Waals surface area contributed by atoms with Gasteiger partial charge < -0.3 is 4.90 Å². The van der Waals surface area contributed by atoms with E-state index in [1.807, 2.05) is 4.90 Å². The number of aryl methyl sites for hydroxylation is 2. The standard InChI is InChI=1S/C28H29F2NO/c1-17(2)20-7-6-19(4)25(12-20)24-9-5-18(3)11-23(24)16-31-15-22(14-28(31)32)21-8-10-26(29)27(30)13-21/h5-13,17,22H,14-16H2,1-4H3. The molecule has 1 amide bonds. The van der Waals surface area contributed by atoms with Gasteiger partial charge in [-0.15, -0.1) is 0 Å². The van der Waals surface area contributed by atoms with Crippen LogP contribution in [0.15, 0.2) is 54.6 Å². The van der Waals surface area contributed by atoms with Gasteiger partial charge in [-0.3, -0.25) is 4.79 Å². The number of benzene rings is 3. The third-order valence-corrected chi connectivity index (χ3v) is 6.47. The monoisotopic (exact) mass is 433 g/mol. The van der Waals surface area contributed by atoms with E-state index in [1.165, 1.54) is 22.8 Å². The minimum atomic E-state index is -0.866. The molecule has 4 rings (SSSR count). The number of rotatable bonds is 5. The summed E-state index contributed by atoms with van der Waals surface area (Å²) in [5, 5.41) is 0. The fourth-order valence-electron chi connectivity index (χ4n) is 4.53. The Bertz CT molecular complexity index is 1170. The van der Waals surface area contributed by atoms with Gasteiger partial charge in [-0.2, -0.15) is 0 Å². The van der Waals surface area contributed by atoms with Crippen molar-refractivity contribution in [1.82, 2.24) is 4.90 Å². The van der Waals surface area contributed by atoms with Crippen LogP contribution in [0, 0.1) is 25.5 Å². The number of carbonyl (C=O) groups excluding carboxylic acids is 1. The lowest BCUT2D eigenvalue weighted by molar-refractivity contribution is -0.128. The van der Waals surface area contributed by atoms with Gasteiger partial charge in [0.05, 0.1) is 0 Å². The quantitative estimate of drug-likeness (QED) is 0.429. The number of amides is 1. The van der Waals surface area contributed by atoms with Crippen molar-refractivity contribution in [2.24, 2.45) is 0 Å². The molecule has 4 heteroatoms. The number of nitrogens with zero attached hydrogens (tertiary/aromatic N) is 1. The Morgan fingerprint density at radius 3 is 2.44 bits per heavy atom. The number of carbonyl (C=O) groups is 1. The molecule has 1 atom stereocenters. The smallest absolute Gasteiger partial charge is 0.223 e. The zero-order valence-electron chi connectivity index (χ0n) is 19.1. The van der Waals surface area contributed by atoms with E-state index in [2.05, 4.69) is 64.1 Å². The average Bonchev–Trinajstić information content (AvgIpc) is 3.11. The molecule has 0 spiro atoms. The molecule has 2 nitrogen and oxygen atoms in total. The van der Waals surface area contributed by atoms with Crippen LogP contribution in [0.4, 0.5) is 8.78 Å². The highest BCUT2D eigenvalue weighted by atomic mass is 19.2. The summed E-state index contributed by atoms with van der Waals surface area (Å²) in [6.07, 6.45) is 0.314. The molecule has 166 valence electrons. The molecule has 1 saturated heterocycles. The zero-order valence-corrected chi connectivity index (χ0v) is 19.1. The van der Waals surface area contributed by atoms with Gasteiger partial charge >= 0.3 is 0 Å². The number of hydrogen-bond acceptors (Lipinski definition) is 1. The molecule has 0 aromatic heterocycles. The normalized spacial score (nSPS) is 16.3. The first kappa shape index (κ1) is 22.2. The van der Waals surface area contributed by atoms with Crippen molar-refractivity contribution in [2.75, 3.05) is 6.54 Å². The Hall–Kier alpha value is -3.01. The molecule has 0 N–H and O–H groups in total. The van der Waals surface area contributed by atoms with Crippen LogP contribution in [-0.2, 0) is 11.3 Å². The van der Waals surface area contributed by atoms with Crippen molar-refractivity contribution in [3.05, 3.63) is 94.0 Å². The Kier molecular flexibility index (Phi) is 6.14. The van der Waals surface area contributed by atoms with Crippen LogP contribution < -0.4 is 0 Å². The van der Waals surface area contributed by atoms with Gasteiger partial charge in [-0.05, 0) is 65.3 Å². The number of halogens is 2. The molecule has 1 aliphatic rings. The Morgan fingerprint density at radius 2 is 1.72 bits per heavy atom. The molecule has 3 aromatic rings. The topological polar surface area (TPSA) is 20.3 Å². The van der Waals surface area contributed by atoms with Crippen LogP contribution in [0.5, 0.6) is 0 Å².